The highest BCUT2D eigenvalue weighted by atomic mass is 15.1. The highest BCUT2D eigenvalue weighted by Gasteiger charge is 2.48. The topological polar surface area (TPSA) is 3.88 Å². The van der Waals surface area contributed by atoms with Crippen molar-refractivity contribution in [2.24, 2.45) is 0 Å². The Labute approximate surface area is 115 Å². The number of nitrogens with zero attached hydrogens (tertiary/aromatic N) is 1. The second kappa shape index (κ2) is 4.48. The first kappa shape index (κ1) is 12.4. The number of aromatic nitrogens is 1. The lowest BCUT2D eigenvalue weighted by molar-refractivity contribution is -0.762. The molecule has 0 N–H and O–H groups in total. The first-order chi connectivity index (χ1) is 9.24. The minimum atomic E-state index is 0.213. The molecule has 1 aromatic carbocycles. The van der Waals surface area contributed by atoms with Crippen molar-refractivity contribution >= 4 is 0 Å². The molecule has 2 heterocycles. The third-order valence-corrected chi connectivity index (χ3v) is 5.07. The van der Waals surface area contributed by atoms with Crippen LogP contribution in [0.4, 0.5) is 0 Å². The molecule has 0 radical (unpaired) electrons. The summed E-state index contributed by atoms with van der Waals surface area (Å²) in [5.74, 6) is 0.554. The fourth-order valence-electron chi connectivity index (χ4n) is 3.86. The van der Waals surface area contributed by atoms with Crippen molar-refractivity contribution in [3.8, 4) is 11.3 Å². The largest absolute Gasteiger partial charge is 0.213 e. The lowest BCUT2D eigenvalue weighted by atomic mass is 9.71. The lowest BCUT2D eigenvalue weighted by Gasteiger charge is -2.38. The minimum Gasteiger partial charge on any atom is -0.192 e. The zero-order valence-corrected chi connectivity index (χ0v) is 12.1. The fourth-order valence-corrected chi connectivity index (χ4v) is 3.86. The van der Waals surface area contributed by atoms with E-state index in [1.54, 1.807) is 0 Å². The first-order valence-corrected chi connectivity index (χ1v) is 7.35. The van der Waals surface area contributed by atoms with Crippen molar-refractivity contribution in [3.05, 3.63) is 54.2 Å². The maximum absolute atomic E-state index is 2.51. The van der Waals surface area contributed by atoms with Crippen molar-refractivity contribution in [1.82, 2.24) is 0 Å². The molecule has 0 bridgehead atoms. The zero-order chi connectivity index (χ0) is 13.5. The van der Waals surface area contributed by atoms with Gasteiger partial charge in [-0.2, -0.15) is 4.57 Å². The summed E-state index contributed by atoms with van der Waals surface area (Å²) in [5.41, 5.74) is 4.47. The highest BCUT2D eigenvalue weighted by Crippen LogP contribution is 2.44. The van der Waals surface area contributed by atoms with Crippen LogP contribution in [0.15, 0.2) is 48.7 Å². The predicted octanol–water partition coefficient (Wildman–Crippen LogP) is 4.27. The third-order valence-electron chi connectivity index (χ3n) is 5.07. The Hall–Kier alpha value is -1.63. The summed E-state index contributed by atoms with van der Waals surface area (Å²) in [6, 6.07) is 15.4. The predicted molar refractivity (Wildman–Crippen MR) is 79.0 cm³/mol. The van der Waals surface area contributed by atoms with E-state index in [0.29, 0.717) is 5.92 Å². The summed E-state index contributed by atoms with van der Waals surface area (Å²) < 4.78 is 2.51. The summed E-state index contributed by atoms with van der Waals surface area (Å²) in [6.07, 6.45) is 4.59. The van der Waals surface area contributed by atoms with E-state index in [1.807, 2.05) is 0 Å². The third kappa shape index (κ3) is 1.57. The average molecular weight is 252 g/mol. The van der Waals surface area contributed by atoms with Crippen LogP contribution in [-0.4, -0.2) is 0 Å². The number of hydrogen-bond donors (Lipinski definition) is 0. The molecular weight excluding hydrogens is 230 g/mol. The second-order valence-corrected chi connectivity index (χ2v) is 5.58. The van der Waals surface area contributed by atoms with Crippen LogP contribution in [0.25, 0.3) is 11.3 Å². The van der Waals surface area contributed by atoms with E-state index in [-0.39, 0.29) is 5.54 Å². The Morgan fingerprint density at radius 3 is 2.42 bits per heavy atom. The monoisotopic (exact) mass is 252 g/mol. The molecule has 3 rings (SSSR count). The molecule has 0 amide bonds. The molecule has 98 valence electrons. The zero-order valence-electron chi connectivity index (χ0n) is 12.1. The van der Waals surface area contributed by atoms with Crippen LogP contribution in [0.5, 0.6) is 0 Å². The molecule has 1 heteroatoms. The summed E-state index contributed by atoms with van der Waals surface area (Å²) in [6.45, 7) is 7.02. The molecule has 1 unspecified atom stereocenters. The van der Waals surface area contributed by atoms with E-state index in [2.05, 4.69) is 74.0 Å². The van der Waals surface area contributed by atoms with Crippen LogP contribution in [0.1, 0.15) is 45.1 Å². The Balaban J connectivity index is 2.35. The summed E-state index contributed by atoms with van der Waals surface area (Å²) in [4.78, 5) is 0. The van der Waals surface area contributed by atoms with Crippen LogP contribution in [-0.2, 0) is 5.54 Å². The van der Waals surface area contributed by atoms with Gasteiger partial charge < -0.3 is 0 Å². The number of rotatable bonds is 2. The SMILES string of the molecule is CCC1(CC)C(C)c2ccccc2-c2cccc[n+]21. The quantitative estimate of drug-likeness (QED) is 0.703. The first-order valence-electron chi connectivity index (χ1n) is 7.35. The van der Waals surface area contributed by atoms with Crippen LogP contribution >= 0.6 is 0 Å². The number of fused-ring (bicyclic) bond motifs is 3. The molecular formula is C18H22N+. The molecule has 19 heavy (non-hydrogen) atoms. The van der Waals surface area contributed by atoms with Crippen LogP contribution in [0, 0.1) is 0 Å². The Kier molecular flexibility index (Phi) is 2.93. The Bertz CT molecular complexity index is 596. The number of pyridine rings is 1. The maximum Gasteiger partial charge on any atom is 0.213 e. The normalized spacial score (nSPS) is 19.6. The van der Waals surface area contributed by atoms with Gasteiger partial charge in [0.05, 0.1) is 0 Å². The Morgan fingerprint density at radius 1 is 1.00 bits per heavy atom. The van der Waals surface area contributed by atoms with E-state index in [1.165, 1.54) is 29.7 Å². The highest BCUT2D eigenvalue weighted by molar-refractivity contribution is 5.63. The molecule has 2 aromatic rings. The van der Waals surface area contributed by atoms with Crippen molar-refractivity contribution < 1.29 is 4.57 Å². The molecule has 1 atom stereocenters. The van der Waals surface area contributed by atoms with Gasteiger partial charge in [-0.25, -0.2) is 0 Å². The molecule has 1 nitrogen and oxygen atoms in total. The summed E-state index contributed by atoms with van der Waals surface area (Å²) in [7, 11) is 0. The van der Waals surface area contributed by atoms with Gasteiger partial charge in [-0.1, -0.05) is 39.0 Å². The van der Waals surface area contributed by atoms with Crippen LogP contribution < -0.4 is 4.57 Å². The van der Waals surface area contributed by atoms with Crippen molar-refractivity contribution in [3.63, 3.8) is 0 Å². The van der Waals surface area contributed by atoms with Gasteiger partial charge in [0.2, 0.25) is 5.69 Å². The number of benzene rings is 1. The number of hydrogen-bond acceptors (Lipinski definition) is 0. The average Bonchev–Trinajstić information content (AvgIpc) is 2.49. The maximum atomic E-state index is 2.51. The molecule has 0 aliphatic carbocycles. The minimum absolute atomic E-state index is 0.213. The van der Waals surface area contributed by atoms with Gasteiger partial charge in [-0.3, -0.25) is 0 Å². The van der Waals surface area contributed by atoms with E-state index < -0.39 is 0 Å². The Morgan fingerprint density at radius 2 is 1.68 bits per heavy atom. The second-order valence-electron chi connectivity index (χ2n) is 5.58. The van der Waals surface area contributed by atoms with E-state index in [4.69, 9.17) is 0 Å². The van der Waals surface area contributed by atoms with Gasteiger partial charge in [0.1, 0.15) is 0 Å². The molecule has 0 spiro atoms. The van der Waals surface area contributed by atoms with Gasteiger partial charge in [0.15, 0.2) is 11.7 Å². The van der Waals surface area contributed by atoms with Crippen molar-refractivity contribution in [1.29, 1.82) is 0 Å². The standard InChI is InChI=1S/C18H22N/c1-4-18(5-2)14(3)15-10-6-7-11-16(15)17-12-8-9-13-19(17)18/h6-14H,4-5H2,1-3H3/q+1. The van der Waals surface area contributed by atoms with Gasteiger partial charge in [0, 0.05) is 36.5 Å². The van der Waals surface area contributed by atoms with E-state index >= 15 is 0 Å². The van der Waals surface area contributed by atoms with Gasteiger partial charge in [-0.05, 0) is 17.7 Å². The summed E-state index contributed by atoms with van der Waals surface area (Å²) in [5, 5.41) is 0. The summed E-state index contributed by atoms with van der Waals surface area (Å²) >= 11 is 0. The van der Waals surface area contributed by atoms with Crippen molar-refractivity contribution in [2.75, 3.05) is 0 Å². The van der Waals surface area contributed by atoms with Crippen LogP contribution in [0.3, 0.4) is 0 Å². The molecule has 0 saturated heterocycles. The van der Waals surface area contributed by atoms with Crippen LogP contribution in [0.2, 0.25) is 0 Å². The lowest BCUT2D eigenvalue weighted by Crippen LogP contribution is -2.61. The molecule has 1 aliphatic rings. The van der Waals surface area contributed by atoms with Gasteiger partial charge in [-0.15, -0.1) is 0 Å². The van der Waals surface area contributed by atoms with Crippen molar-refractivity contribution in [2.45, 2.75) is 45.1 Å². The molecule has 1 aromatic heterocycles. The molecule has 0 fully saturated rings. The molecule has 0 saturated carbocycles. The smallest absolute Gasteiger partial charge is 0.192 e. The molecule has 1 aliphatic heterocycles. The van der Waals surface area contributed by atoms with E-state index in [9.17, 15) is 0 Å². The van der Waals surface area contributed by atoms with E-state index in [0.717, 1.165) is 0 Å². The fraction of sp³-hybridized carbons (Fsp3) is 0.389. The van der Waals surface area contributed by atoms with Gasteiger partial charge in [0.25, 0.3) is 0 Å². The van der Waals surface area contributed by atoms with Gasteiger partial charge >= 0.3 is 0 Å².